The van der Waals surface area contributed by atoms with Crippen molar-refractivity contribution in [3.8, 4) is 11.8 Å². The van der Waals surface area contributed by atoms with Gasteiger partial charge in [0.05, 0.1) is 5.51 Å². The van der Waals surface area contributed by atoms with Crippen LogP contribution in [0.1, 0.15) is 44.2 Å². The molecule has 0 spiro atoms. The Morgan fingerprint density at radius 3 is 2.82 bits per heavy atom. The first-order chi connectivity index (χ1) is 16.6. The lowest BCUT2D eigenvalue weighted by atomic mass is 10.1. The fraction of sp³-hybridized carbons (Fsp3) is 0.320. The molecule has 3 heterocycles. The second-order valence-electron chi connectivity index (χ2n) is 7.79. The Balaban J connectivity index is 1.26. The van der Waals surface area contributed by atoms with Crippen LogP contribution >= 0.6 is 34.4 Å². The van der Waals surface area contributed by atoms with E-state index in [1.165, 1.54) is 28.7 Å². The molecule has 1 aliphatic heterocycles. The number of aryl methyl sites for hydroxylation is 1. The van der Waals surface area contributed by atoms with Crippen molar-refractivity contribution in [1.82, 2.24) is 15.0 Å². The van der Waals surface area contributed by atoms with Gasteiger partial charge in [0.2, 0.25) is 0 Å². The number of thiophene rings is 1. The molecule has 3 aromatic rings. The average Bonchev–Trinajstić information content (AvgIpc) is 3.53. The van der Waals surface area contributed by atoms with Crippen molar-refractivity contribution in [2.24, 2.45) is 0 Å². The van der Waals surface area contributed by atoms with Crippen molar-refractivity contribution in [3.05, 3.63) is 73.9 Å². The molecule has 0 atom stereocenters. The molecule has 0 radical (unpaired) electrons. The maximum absolute atomic E-state index is 12.5. The smallest absolute Gasteiger partial charge is 0.345 e. The van der Waals surface area contributed by atoms with Crippen LogP contribution in [-0.4, -0.2) is 56.7 Å². The highest BCUT2D eigenvalue weighted by Crippen LogP contribution is 2.22. The minimum absolute atomic E-state index is 0.0765. The molecule has 2 aromatic heterocycles. The summed E-state index contributed by atoms with van der Waals surface area (Å²) in [6.45, 7) is 2.26. The Hall–Kier alpha value is -2.64. The summed E-state index contributed by atoms with van der Waals surface area (Å²) in [5.74, 6) is 6.18. The SMILES string of the molecule is O=C(O)c1ccc(CCN2C(=O)SCCN2CCCCc2cccc(C#Cc3cscn3)c2)s1. The number of thioether (sulfide) groups is 1. The Kier molecular flexibility index (Phi) is 8.77. The molecule has 176 valence electrons. The monoisotopic (exact) mass is 511 g/mol. The number of hydrogen-bond donors (Lipinski definition) is 1. The van der Waals surface area contributed by atoms with E-state index in [-0.39, 0.29) is 5.24 Å². The van der Waals surface area contributed by atoms with Crippen LogP contribution < -0.4 is 0 Å². The number of hydrogen-bond acceptors (Lipinski definition) is 7. The maximum Gasteiger partial charge on any atom is 0.345 e. The molecule has 0 unspecified atom stereocenters. The summed E-state index contributed by atoms with van der Waals surface area (Å²) in [5.41, 5.74) is 4.85. The molecule has 1 aromatic carbocycles. The molecular weight excluding hydrogens is 486 g/mol. The number of aromatic nitrogens is 1. The zero-order valence-electron chi connectivity index (χ0n) is 18.6. The average molecular weight is 512 g/mol. The quantitative estimate of drug-likeness (QED) is 0.312. The second-order valence-corrected chi connectivity index (χ2v) is 10.7. The van der Waals surface area contributed by atoms with Gasteiger partial charge in [0.1, 0.15) is 10.6 Å². The highest BCUT2D eigenvalue weighted by atomic mass is 32.2. The molecule has 6 nitrogen and oxygen atoms in total. The standard InChI is InChI=1S/C25H25N3O3S3/c29-24(30)23-10-9-22(34-23)11-13-28-25(31)33-15-14-27(28)12-2-1-4-19-5-3-6-20(16-19)7-8-21-17-32-18-26-21/h3,5-6,9-10,16-18H,1-2,4,11-15H2,(H,29,30). The second kappa shape index (κ2) is 12.2. The van der Waals surface area contributed by atoms with Crippen molar-refractivity contribution >= 4 is 45.6 Å². The highest BCUT2D eigenvalue weighted by molar-refractivity contribution is 8.13. The number of amides is 1. The fourth-order valence-electron chi connectivity index (χ4n) is 3.70. The molecule has 0 saturated carbocycles. The number of carboxylic acid groups (broad SMARTS) is 1. The maximum atomic E-state index is 12.5. The van der Waals surface area contributed by atoms with Gasteiger partial charge in [-0.1, -0.05) is 29.8 Å². The van der Waals surface area contributed by atoms with Crippen LogP contribution in [0.4, 0.5) is 4.79 Å². The van der Waals surface area contributed by atoms with E-state index in [1.54, 1.807) is 22.9 Å². The largest absolute Gasteiger partial charge is 0.477 e. The first-order valence-corrected chi connectivity index (χ1v) is 13.8. The van der Waals surface area contributed by atoms with E-state index in [0.29, 0.717) is 17.8 Å². The van der Waals surface area contributed by atoms with E-state index in [4.69, 9.17) is 5.11 Å². The number of rotatable bonds is 9. The summed E-state index contributed by atoms with van der Waals surface area (Å²) in [6.07, 6.45) is 3.65. The number of benzene rings is 1. The van der Waals surface area contributed by atoms with E-state index in [0.717, 1.165) is 54.2 Å². The van der Waals surface area contributed by atoms with Crippen LogP contribution in [0.2, 0.25) is 0 Å². The summed E-state index contributed by atoms with van der Waals surface area (Å²) >= 11 is 4.18. The third-order valence-electron chi connectivity index (χ3n) is 5.40. The number of aromatic carboxylic acids is 1. The van der Waals surface area contributed by atoms with Crippen LogP contribution in [0.3, 0.4) is 0 Å². The van der Waals surface area contributed by atoms with Gasteiger partial charge >= 0.3 is 5.97 Å². The summed E-state index contributed by atoms with van der Waals surface area (Å²) in [5, 5.41) is 15.1. The van der Waals surface area contributed by atoms with E-state index in [1.807, 2.05) is 28.6 Å². The molecule has 1 N–H and O–H groups in total. The predicted molar refractivity (Wildman–Crippen MR) is 139 cm³/mol. The van der Waals surface area contributed by atoms with E-state index >= 15 is 0 Å². The van der Waals surface area contributed by atoms with Gasteiger partial charge in [0.15, 0.2) is 0 Å². The minimum atomic E-state index is -0.903. The fourth-order valence-corrected chi connectivity index (χ4v) is 5.85. The van der Waals surface area contributed by atoms with Gasteiger partial charge in [-0.2, -0.15) is 0 Å². The number of hydrazine groups is 1. The molecule has 1 saturated heterocycles. The minimum Gasteiger partial charge on any atom is -0.477 e. The van der Waals surface area contributed by atoms with Crippen LogP contribution in [0.25, 0.3) is 0 Å². The molecule has 0 aliphatic carbocycles. The summed E-state index contributed by atoms with van der Waals surface area (Å²) in [4.78, 5) is 29.1. The van der Waals surface area contributed by atoms with Crippen molar-refractivity contribution < 1.29 is 14.7 Å². The van der Waals surface area contributed by atoms with Gasteiger partial charge in [0.25, 0.3) is 5.24 Å². The van der Waals surface area contributed by atoms with Crippen molar-refractivity contribution in [2.75, 3.05) is 25.4 Å². The third kappa shape index (κ3) is 6.93. The van der Waals surface area contributed by atoms with Crippen LogP contribution in [0.15, 0.2) is 47.3 Å². The Morgan fingerprint density at radius 2 is 2.03 bits per heavy atom. The first kappa shape index (κ1) is 24.5. The van der Waals surface area contributed by atoms with E-state index in [2.05, 4.69) is 34.0 Å². The number of carboxylic acids is 1. The third-order valence-corrected chi connectivity index (χ3v) is 7.96. The van der Waals surface area contributed by atoms with E-state index < -0.39 is 5.97 Å². The zero-order chi connectivity index (χ0) is 23.8. The summed E-state index contributed by atoms with van der Waals surface area (Å²) in [6, 6.07) is 11.8. The van der Waals surface area contributed by atoms with Gasteiger partial charge < -0.3 is 5.11 Å². The number of unbranched alkanes of at least 4 members (excludes halogenated alkanes) is 1. The van der Waals surface area contributed by atoms with Gasteiger partial charge in [-0.05, 0) is 55.0 Å². The van der Waals surface area contributed by atoms with E-state index in [9.17, 15) is 9.59 Å². The molecule has 1 fully saturated rings. The molecule has 1 amide bonds. The number of thiazole rings is 1. The van der Waals surface area contributed by atoms with Crippen molar-refractivity contribution in [3.63, 3.8) is 0 Å². The van der Waals surface area contributed by atoms with Gasteiger partial charge in [-0.3, -0.25) is 9.80 Å². The molecule has 1 aliphatic rings. The van der Waals surface area contributed by atoms with Crippen LogP contribution in [-0.2, 0) is 12.8 Å². The number of nitrogens with zero attached hydrogens (tertiary/aromatic N) is 3. The number of carbonyl (C=O) groups excluding carboxylic acids is 1. The van der Waals surface area contributed by atoms with Crippen LogP contribution in [0.5, 0.6) is 0 Å². The molecular formula is C25H25N3O3S3. The summed E-state index contributed by atoms with van der Waals surface area (Å²) in [7, 11) is 0. The molecule has 4 rings (SSSR count). The Morgan fingerprint density at radius 1 is 1.12 bits per heavy atom. The number of carbonyl (C=O) groups is 2. The molecule has 9 heteroatoms. The lowest BCUT2D eigenvalue weighted by Gasteiger charge is -2.38. The molecule has 0 bridgehead atoms. The highest BCUT2D eigenvalue weighted by Gasteiger charge is 2.26. The van der Waals surface area contributed by atoms with Gasteiger partial charge in [-0.15, -0.1) is 22.7 Å². The normalized spacial score (nSPS) is 14.1. The Labute approximate surface area is 211 Å². The summed E-state index contributed by atoms with van der Waals surface area (Å²) < 4.78 is 0. The van der Waals surface area contributed by atoms with Crippen LogP contribution in [0, 0.1) is 11.8 Å². The van der Waals surface area contributed by atoms with Gasteiger partial charge in [-0.25, -0.2) is 14.8 Å². The lowest BCUT2D eigenvalue weighted by molar-refractivity contribution is 0.0270. The van der Waals surface area contributed by atoms with Gasteiger partial charge in [0, 0.05) is 47.6 Å². The van der Waals surface area contributed by atoms with Crippen molar-refractivity contribution in [2.45, 2.75) is 25.7 Å². The Bertz CT molecular complexity index is 1180. The molecule has 34 heavy (non-hydrogen) atoms. The zero-order valence-corrected chi connectivity index (χ0v) is 21.1. The topological polar surface area (TPSA) is 73.7 Å². The predicted octanol–water partition coefficient (Wildman–Crippen LogP) is 5.25. The first-order valence-electron chi connectivity index (χ1n) is 11.1. The van der Waals surface area contributed by atoms with Crippen molar-refractivity contribution in [1.29, 1.82) is 0 Å². The lowest BCUT2D eigenvalue weighted by Crippen LogP contribution is -2.50.